The lowest BCUT2D eigenvalue weighted by Crippen LogP contribution is -2.28. The van der Waals surface area contributed by atoms with Gasteiger partial charge in [-0.3, -0.25) is 9.78 Å². The normalized spacial score (nSPS) is 10.0. The molecule has 0 fully saturated rings. The van der Waals surface area contributed by atoms with E-state index in [1.54, 1.807) is 6.92 Å². The summed E-state index contributed by atoms with van der Waals surface area (Å²) in [4.78, 5) is 26.1. The number of aromatic nitrogens is 2. The molecule has 0 radical (unpaired) electrons. The van der Waals surface area contributed by atoms with Crippen LogP contribution in [0, 0.1) is 6.92 Å². The number of hydrogen-bond acceptors (Lipinski definition) is 3. The fourth-order valence-corrected chi connectivity index (χ4v) is 0.872. The van der Waals surface area contributed by atoms with Gasteiger partial charge in [0.2, 0.25) is 0 Å². The SMILES string of the molecule is Cc1[nH]c(=O)[nH]c(=O)c1CN. The Balaban J connectivity index is 3.49. The Bertz CT molecular complexity index is 363. The van der Waals surface area contributed by atoms with Gasteiger partial charge in [0.1, 0.15) is 0 Å². The van der Waals surface area contributed by atoms with E-state index in [-0.39, 0.29) is 6.54 Å². The Labute approximate surface area is 62.3 Å². The average molecular weight is 155 g/mol. The fourth-order valence-electron chi connectivity index (χ4n) is 0.872. The molecule has 0 unspecified atom stereocenters. The first-order valence-corrected chi connectivity index (χ1v) is 3.17. The van der Waals surface area contributed by atoms with E-state index < -0.39 is 11.2 Å². The molecular formula is C6H9N3O2. The van der Waals surface area contributed by atoms with Crippen molar-refractivity contribution in [1.82, 2.24) is 9.97 Å². The monoisotopic (exact) mass is 155 g/mol. The van der Waals surface area contributed by atoms with Gasteiger partial charge in [-0.15, -0.1) is 0 Å². The van der Waals surface area contributed by atoms with Crippen LogP contribution in [-0.4, -0.2) is 9.97 Å². The lowest BCUT2D eigenvalue weighted by Gasteiger charge is -1.97. The predicted octanol–water partition coefficient (Wildman–Crippen LogP) is -1.17. The van der Waals surface area contributed by atoms with Gasteiger partial charge in [0.15, 0.2) is 0 Å². The Morgan fingerprint density at radius 1 is 1.36 bits per heavy atom. The zero-order chi connectivity index (χ0) is 8.43. The van der Waals surface area contributed by atoms with Crippen molar-refractivity contribution in [1.29, 1.82) is 0 Å². The summed E-state index contributed by atoms with van der Waals surface area (Å²) >= 11 is 0. The van der Waals surface area contributed by atoms with Crippen LogP contribution in [0.15, 0.2) is 9.59 Å². The fraction of sp³-hybridized carbons (Fsp3) is 0.333. The van der Waals surface area contributed by atoms with E-state index in [2.05, 4.69) is 9.97 Å². The second kappa shape index (κ2) is 2.71. The van der Waals surface area contributed by atoms with E-state index >= 15 is 0 Å². The van der Waals surface area contributed by atoms with Gasteiger partial charge < -0.3 is 10.7 Å². The Morgan fingerprint density at radius 2 is 2.00 bits per heavy atom. The number of nitrogens with two attached hydrogens (primary N) is 1. The molecule has 5 nitrogen and oxygen atoms in total. The predicted molar refractivity (Wildman–Crippen MR) is 40.3 cm³/mol. The van der Waals surface area contributed by atoms with Crippen LogP contribution in [0.3, 0.4) is 0 Å². The molecule has 1 aromatic rings. The third-order valence-corrected chi connectivity index (χ3v) is 1.46. The molecule has 0 spiro atoms. The third kappa shape index (κ3) is 1.38. The highest BCUT2D eigenvalue weighted by Gasteiger charge is 2.01. The van der Waals surface area contributed by atoms with Crippen LogP contribution >= 0.6 is 0 Å². The largest absolute Gasteiger partial charge is 0.326 e. The van der Waals surface area contributed by atoms with Crippen LogP contribution in [0.25, 0.3) is 0 Å². The second-order valence-electron chi connectivity index (χ2n) is 2.22. The van der Waals surface area contributed by atoms with Gasteiger partial charge in [-0.2, -0.15) is 0 Å². The maximum Gasteiger partial charge on any atom is 0.325 e. The highest BCUT2D eigenvalue weighted by molar-refractivity contribution is 5.13. The number of H-pyrrole nitrogens is 2. The van der Waals surface area contributed by atoms with Crippen LogP contribution < -0.4 is 17.0 Å². The number of aromatic amines is 2. The summed E-state index contributed by atoms with van der Waals surface area (Å²) < 4.78 is 0. The van der Waals surface area contributed by atoms with Crippen LogP contribution in [-0.2, 0) is 6.54 Å². The van der Waals surface area contributed by atoms with E-state index in [1.807, 2.05) is 0 Å². The highest BCUT2D eigenvalue weighted by Crippen LogP contribution is 1.90. The maximum absolute atomic E-state index is 10.9. The van der Waals surface area contributed by atoms with E-state index in [4.69, 9.17) is 5.73 Å². The molecule has 4 N–H and O–H groups in total. The molecule has 0 aliphatic rings. The first kappa shape index (κ1) is 7.74. The highest BCUT2D eigenvalue weighted by atomic mass is 16.2. The van der Waals surface area contributed by atoms with E-state index in [9.17, 15) is 9.59 Å². The molecule has 0 aliphatic carbocycles. The summed E-state index contributed by atoms with van der Waals surface area (Å²) in [6.07, 6.45) is 0. The molecule has 0 atom stereocenters. The molecule has 11 heavy (non-hydrogen) atoms. The van der Waals surface area contributed by atoms with E-state index in [1.165, 1.54) is 0 Å². The second-order valence-corrected chi connectivity index (χ2v) is 2.22. The van der Waals surface area contributed by atoms with Crippen molar-refractivity contribution >= 4 is 0 Å². The van der Waals surface area contributed by atoms with Crippen molar-refractivity contribution in [3.63, 3.8) is 0 Å². The smallest absolute Gasteiger partial charge is 0.325 e. The number of rotatable bonds is 1. The minimum absolute atomic E-state index is 0.137. The van der Waals surface area contributed by atoms with Crippen molar-refractivity contribution < 1.29 is 0 Å². The van der Waals surface area contributed by atoms with Gasteiger partial charge in [0, 0.05) is 12.2 Å². The van der Waals surface area contributed by atoms with Gasteiger partial charge in [-0.25, -0.2) is 4.79 Å². The molecule has 1 rings (SSSR count). The van der Waals surface area contributed by atoms with Crippen molar-refractivity contribution in [2.75, 3.05) is 0 Å². The maximum atomic E-state index is 10.9. The van der Waals surface area contributed by atoms with Gasteiger partial charge in [0.25, 0.3) is 5.56 Å². The molecule has 5 heteroatoms. The zero-order valence-electron chi connectivity index (χ0n) is 6.10. The van der Waals surface area contributed by atoms with Crippen molar-refractivity contribution in [2.45, 2.75) is 13.5 Å². The lowest BCUT2D eigenvalue weighted by atomic mass is 10.2. The Hall–Kier alpha value is -1.36. The minimum Gasteiger partial charge on any atom is -0.326 e. The molecule has 0 saturated carbocycles. The lowest BCUT2D eigenvalue weighted by molar-refractivity contribution is 0.905. The number of hydrogen-bond donors (Lipinski definition) is 3. The van der Waals surface area contributed by atoms with Crippen molar-refractivity contribution in [3.8, 4) is 0 Å². The van der Waals surface area contributed by atoms with E-state index in [0.29, 0.717) is 11.3 Å². The van der Waals surface area contributed by atoms with Crippen molar-refractivity contribution in [3.05, 3.63) is 32.1 Å². The summed E-state index contributed by atoms with van der Waals surface area (Å²) in [5.41, 5.74) is 5.31. The summed E-state index contributed by atoms with van der Waals surface area (Å²) in [6.45, 7) is 1.77. The first-order chi connectivity index (χ1) is 5.15. The zero-order valence-corrected chi connectivity index (χ0v) is 6.10. The third-order valence-electron chi connectivity index (χ3n) is 1.46. The van der Waals surface area contributed by atoms with Crippen LogP contribution in [0.1, 0.15) is 11.3 Å². The summed E-state index contributed by atoms with van der Waals surface area (Å²) in [5, 5.41) is 0. The van der Waals surface area contributed by atoms with Gasteiger partial charge in [0.05, 0.1) is 5.56 Å². The number of aryl methyl sites for hydroxylation is 1. The van der Waals surface area contributed by atoms with Gasteiger partial charge in [-0.1, -0.05) is 0 Å². The van der Waals surface area contributed by atoms with Gasteiger partial charge in [-0.05, 0) is 6.92 Å². The summed E-state index contributed by atoms with van der Waals surface area (Å²) in [5.74, 6) is 0. The number of nitrogens with one attached hydrogen (secondary N) is 2. The van der Waals surface area contributed by atoms with Crippen LogP contribution in [0.4, 0.5) is 0 Å². The molecule has 60 valence electrons. The van der Waals surface area contributed by atoms with Gasteiger partial charge >= 0.3 is 5.69 Å². The van der Waals surface area contributed by atoms with E-state index in [0.717, 1.165) is 0 Å². The Morgan fingerprint density at radius 3 is 2.45 bits per heavy atom. The first-order valence-electron chi connectivity index (χ1n) is 3.17. The molecule has 0 amide bonds. The molecule has 0 aliphatic heterocycles. The van der Waals surface area contributed by atoms with Crippen LogP contribution in [0.2, 0.25) is 0 Å². The summed E-state index contributed by atoms with van der Waals surface area (Å²) in [6, 6.07) is 0. The topological polar surface area (TPSA) is 91.7 Å². The quantitative estimate of drug-likeness (QED) is 0.477. The summed E-state index contributed by atoms with van der Waals surface area (Å²) in [7, 11) is 0. The molecule has 1 heterocycles. The standard InChI is InChI=1S/C6H9N3O2/c1-3-4(2-7)5(10)9-6(11)8-3/h2,7H2,1H3,(H2,8,9,10,11). The molecule has 0 bridgehead atoms. The molecular weight excluding hydrogens is 146 g/mol. The average Bonchev–Trinajstić information content (AvgIpc) is 1.85. The van der Waals surface area contributed by atoms with Crippen LogP contribution in [0.5, 0.6) is 0 Å². The Kier molecular flexibility index (Phi) is 1.91. The molecule has 1 aromatic heterocycles. The van der Waals surface area contributed by atoms with Crippen molar-refractivity contribution in [2.24, 2.45) is 5.73 Å². The molecule has 0 aromatic carbocycles. The minimum atomic E-state index is -0.496. The molecule has 0 saturated heterocycles.